The molecule has 0 aromatic heterocycles. The highest BCUT2D eigenvalue weighted by molar-refractivity contribution is 5.48. The third-order valence-electron chi connectivity index (χ3n) is 6.56. The summed E-state index contributed by atoms with van der Waals surface area (Å²) in [7, 11) is 3.54. The lowest BCUT2D eigenvalue weighted by molar-refractivity contribution is 0.00570. The van der Waals surface area contributed by atoms with Gasteiger partial charge in [-0.2, -0.15) is 0 Å². The molecular weight excluding hydrogens is 436 g/mol. The van der Waals surface area contributed by atoms with Crippen LogP contribution in [0, 0.1) is 17.8 Å². The number of methoxy groups -OCH3 is 2. The van der Waals surface area contributed by atoms with Crippen molar-refractivity contribution in [2.45, 2.75) is 86.9 Å². The van der Waals surface area contributed by atoms with Crippen LogP contribution in [0.2, 0.25) is 0 Å². The van der Waals surface area contributed by atoms with Gasteiger partial charge in [-0.15, -0.1) is 0 Å². The Balaban J connectivity index is 2.33. The van der Waals surface area contributed by atoms with Crippen molar-refractivity contribution in [3.8, 4) is 11.5 Å². The fourth-order valence-electron chi connectivity index (χ4n) is 4.71. The molecule has 35 heavy (non-hydrogen) atoms. The Kier molecular flexibility index (Phi) is 10.2. The van der Waals surface area contributed by atoms with Crippen LogP contribution in [-0.4, -0.2) is 27.4 Å². The number of hydrogen-bond donors (Lipinski definition) is 0. The van der Waals surface area contributed by atoms with Crippen molar-refractivity contribution in [1.82, 2.24) is 0 Å². The number of ether oxygens (including phenoxy) is 4. The Hall–Kier alpha value is -2.04. The molecule has 0 aliphatic rings. The molecule has 0 saturated carbocycles. The smallest absolute Gasteiger partial charge is 0.131 e. The normalized spacial score (nSPS) is 14.9. The summed E-state index contributed by atoms with van der Waals surface area (Å²) in [6.07, 6.45) is 0.883. The summed E-state index contributed by atoms with van der Waals surface area (Å²) in [6, 6.07) is 12.8. The van der Waals surface area contributed by atoms with E-state index in [0.717, 1.165) is 34.6 Å². The summed E-state index contributed by atoms with van der Waals surface area (Å²) in [4.78, 5) is 0. The minimum atomic E-state index is -0.123. The third kappa shape index (κ3) is 7.72. The number of aryl methyl sites for hydroxylation is 1. The average molecular weight is 485 g/mol. The van der Waals surface area contributed by atoms with E-state index in [0.29, 0.717) is 19.1 Å². The molecule has 0 radical (unpaired) electrons. The Bertz CT molecular complexity index is 875. The van der Waals surface area contributed by atoms with Crippen LogP contribution in [0.25, 0.3) is 0 Å². The first-order chi connectivity index (χ1) is 16.3. The first-order valence-corrected chi connectivity index (χ1v) is 12.9. The second kappa shape index (κ2) is 12.3. The summed E-state index contributed by atoms with van der Waals surface area (Å²) in [5.41, 5.74) is 4.41. The largest absolute Gasteiger partial charge is 0.490 e. The zero-order chi connectivity index (χ0) is 26.4. The quantitative estimate of drug-likeness (QED) is 0.300. The Labute approximate surface area is 214 Å². The van der Waals surface area contributed by atoms with Gasteiger partial charge in [0, 0.05) is 25.3 Å². The highest BCUT2D eigenvalue weighted by Gasteiger charge is 2.34. The zero-order valence-electron chi connectivity index (χ0n) is 24.0. The van der Waals surface area contributed by atoms with Gasteiger partial charge < -0.3 is 18.9 Å². The topological polar surface area (TPSA) is 36.9 Å². The van der Waals surface area contributed by atoms with E-state index >= 15 is 0 Å². The van der Waals surface area contributed by atoms with E-state index in [9.17, 15) is 0 Å². The van der Waals surface area contributed by atoms with Crippen molar-refractivity contribution in [3.05, 3.63) is 58.7 Å². The van der Waals surface area contributed by atoms with Gasteiger partial charge in [-0.05, 0) is 59.9 Å². The summed E-state index contributed by atoms with van der Waals surface area (Å²) in [6.45, 7) is 20.6. The zero-order valence-corrected chi connectivity index (χ0v) is 24.0. The molecule has 3 atom stereocenters. The molecule has 0 heterocycles. The summed E-state index contributed by atoms with van der Waals surface area (Å²) < 4.78 is 24.5. The summed E-state index contributed by atoms with van der Waals surface area (Å²) in [5.74, 6) is 2.26. The highest BCUT2D eigenvalue weighted by Crippen LogP contribution is 2.47. The van der Waals surface area contributed by atoms with Crippen molar-refractivity contribution >= 4 is 0 Å². The molecule has 2 rings (SSSR count). The van der Waals surface area contributed by atoms with Crippen LogP contribution in [0.1, 0.15) is 102 Å². The van der Waals surface area contributed by atoms with Crippen LogP contribution >= 0.6 is 0 Å². The molecule has 4 nitrogen and oxygen atoms in total. The molecule has 4 heteroatoms. The first kappa shape index (κ1) is 29.2. The maximum atomic E-state index is 6.50. The van der Waals surface area contributed by atoms with E-state index in [-0.39, 0.29) is 23.0 Å². The van der Waals surface area contributed by atoms with Crippen molar-refractivity contribution < 1.29 is 18.9 Å². The van der Waals surface area contributed by atoms with E-state index in [1.807, 2.05) is 12.1 Å². The molecule has 0 aliphatic heterocycles. The predicted molar refractivity (Wildman–Crippen MR) is 146 cm³/mol. The van der Waals surface area contributed by atoms with E-state index < -0.39 is 0 Å². The van der Waals surface area contributed by atoms with Crippen LogP contribution in [0.3, 0.4) is 0 Å². The fourth-order valence-corrected chi connectivity index (χ4v) is 4.71. The monoisotopic (exact) mass is 484 g/mol. The minimum absolute atomic E-state index is 0.101. The average Bonchev–Trinajstić information content (AvgIpc) is 2.76. The second-order valence-corrected chi connectivity index (χ2v) is 11.8. The molecule has 0 N–H and O–H groups in total. The molecular formula is C31H48O4. The second-order valence-electron chi connectivity index (χ2n) is 11.8. The lowest BCUT2D eigenvalue weighted by atomic mass is 9.79. The van der Waals surface area contributed by atoms with Gasteiger partial charge in [0.05, 0.1) is 12.2 Å². The molecule has 0 bridgehead atoms. The molecule has 2 aromatic carbocycles. The lowest BCUT2D eigenvalue weighted by Crippen LogP contribution is -2.25. The summed E-state index contributed by atoms with van der Waals surface area (Å²) in [5, 5.41) is 0. The number of hydrogen-bond acceptors (Lipinski definition) is 4. The number of benzene rings is 2. The fraction of sp³-hybridized carbons (Fsp3) is 0.613. The Morgan fingerprint density at radius 1 is 0.743 bits per heavy atom. The number of rotatable bonds is 11. The van der Waals surface area contributed by atoms with Gasteiger partial charge in [-0.3, -0.25) is 0 Å². The van der Waals surface area contributed by atoms with Gasteiger partial charge in [-0.1, -0.05) is 73.1 Å². The maximum Gasteiger partial charge on any atom is 0.131 e. The molecule has 3 unspecified atom stereocenters. The summed E-state index contributed by atoms with van der Waals surface area (Å²) >= 11 is 0. The molecule has 196 valence electrons. The van der Waals surface area contributed by atoms with Gasteiger partial charge in [0.15, 0.2) is 0 Å². The van der Waals surface area contributed by atoms with Gasteiger partial charge >= 0.3 is 0 Å². The molecule has 0 saturated heterocycles. The first-order valence-electron chi connectivity index (χ1n) is 12.9. The van der Waals surface area contributed by atoms with E-state index in [1.165, 1.54) is 5.56 Å². The molecule has 0 spiro atoms. The van der Waals surface area contributed by atoms with Gasteiger partial charge in [0.25, 0.3) is 0 Å². The standard InChI is InChI=1S/C31H48O4/c1-12-22(3)23-13-15-24(16-14-23)34-17-18-35-27-25(28(32-10)30(4,5)6)19-21(2)20-26(27)29(33-11)31(7,8)9/h13-16,19-20,22,28-29H,12,17-18H2,1-11H3. The van der Waals surface area contributed by atoms with Crippen molar-refractivity contribution in [3.63, 3.8) is 0 Å². The predicted octanol–water partition coefficient (Wildman–Crippen LogP) is 8.43. The molecule has 0 aliphatic carbocycles. The van der Waals surface area contributed by atoms with Crippen LogP contribution in [0.5, 0.6) is 11.5 Å². The molecule has 0 fully saturated rings. The minimum Gasteiger partial charge on any atom is -0.490 e. The van der Waals surface area contributed by atoms with Crippen LogP contribution < -0.4 is 9.47 Å². The van der Waals surface area contributed by atoms with Gasteiger partial charge in [0.2, 0.25) is 0 Å². The Morgan fingerprint density at radius 3 is 1.60 bits per heavy atom. The molecule has 2 aromatic rings. The third-order valence-corrected chi connectivity index (χ3v) is 6.56. The van der Waals surface area contributed by atoms with Gasteiger partial charge in [-0.25, -0.2) is 0 Å². The lowest BCUT2D eigenvalue weighted by Gasteiger charge is -2.35. The highest BCUT2D eigenvalue weighted by atomic mass is 16.5. The SMILES string of the molecule is CCC(C)c1ccc(OCCOc2c(C(OC)C(C)(C)C)cc(C)cc2C(OC)C(C)(C)C)cc1. The van der Waals surface area contributed by atoms with E-state index in [2.05, 4.69) is 86.6 Å². The van der Waals surface area contributed by atoms with Crippen LogP contribution in [-0.2, 0) is 9.47 Å². The van der Waals surface area contributed by atoms with Crippen molar-refractivity contribution in [2.24, 2.45) is 10.8 Å². The molecule has 0 amide bonds. The van der Waals surface area contributed by atoms with Crippen molar-refractivity contribution in [1.29, 1.82) is 0 Å². The Morgan fingerprint density at radius 2 is 1.20 bits per heavy atom. The van der Waals surface area contributed by atoms with Gasteiger partial charge in [0.1, 0.15) is 24.7 Å². The van der Waals surface area contributed by atoms with E-state index in [4.69, 9.17) is 18.9 Å². The van der Waals surface area contributed by atoms with E-state index in [1.54, 1.807) is 14.2 Å². The van der Waals surface area contributed by atoms with Crippen LogP contribution in [0.15, 0.2) is 36.4 Å². The van der Waals surface area contributed by atoms with Crippen LogP contribution in [0.4, 0.5) is 0 Å². The maximum absolute atomic E-state index is 6.50. The van der Waals surface area contributed by atoms with Crippen molar-refractivity contribution in [2.75, 3.05) is 27.4 Å².